The zero-order valence-corrected chi connectivity index (χ0v) is 22.2. The topological polar surface area (TPSA) is 43.4 Å². The molecule has 0 aromatic heterocycles. The molecule has 32 heavy (non-hydrogen) atoms. The van der Waals surface area contributed by atoms with Gasteiger partial charge in [0.2, 0.25) is 0 Å². The molecule has 3 heteroatoms. The van der Waals surface area contributed by atoms with Gasteiger partial charge in [-0.1, -0.05) is 143 Å². The van der Waals surface area contributed by atoms with Gasteiger partial charge in [0.1, 0.15) is 0 Å². The first-order valence-electron chi connectivity index (χ1n) is 14.3. The lowest BCUT2D eigenvalue weighted by molar-refractivity contribution is -0.165. The van der Waals surface area contributed by atoms with E-state index in [1.807, 2.05) is 6.92 Å². The molecule has 0 bridgehead atoms. The lowest BCUT2D eigenvalue weighted by atomic mass is 9.95. The van der Waals surface area contributed by atoms with E-state index in [0.29, 0.717) is 0 Å². The summed E-state index contributed by atoms with van der Waals surface area (Å²) >= 11 is 0. The van der Waals surface area contributed by atoms with Gasteiger partial charge in [0.15, 0.2) is 0 Å². The van der Waals surface area contributed by atoms with E-state index in [1.54, 1.807) is 0 Å². The summed E-state index contributed by atoms with van der Waals surface area (Å²) in [5.41, 5.74) is 0. The maximum Gasteiger partial charge on any atom is 0.316 e. The second-order valence-electron chi connectivity index (χ2n) is 10.0. The normalized spacial score (nSPS) is 13.1. The Morgan fingerprint density at radius 3 is 1.34 bits per heavy atom. The number of rotatable bonds is 23. The van der Waals surface area contributed by atoms with Crippen molar-refractivity contribution in [2.45, 2.75) is 163 Å². The number of unbranched alkanes of at least 4 members (excludes halogenated alkanes) is 15. The smallest absolute Gasteiger partial charge is 0.316 e. The molecule has 0 N–H and O–H groups in total. The molecule has 0 aliphatic carbocycles. The van der Waals surface area contributed by atoms with Crippen molar-refractivity contribution in [3.8, 4) is 0 Å². The average molecular weight is 453 g/mol. The first kappa shape index (κ1) is 31.1. The summed E-state index contributed by atoms with van der Waals surface area (Å²) in [5, 5.41) is 0. The van der Waals surface area contributed by atoms with Gasteiger partial charge in [-0.3, -0.25) is 9.59 Å². The van der Waals surface area contributed by atoms with Gasteiger partial charge in [0.05, 0.1) is 11.8 Å². The number of carbonyl (C=O) groups is 2. The molecular weight excluding hydrogens is 396 g/mol. The average Bonchev–Trinajstić information content (AvgIpc) is 2.78. The summed E-state index contributed by atoms with van der Waals surface area (Å²) in [4.78, 5) is 24.9. The Balaban J connectivity index is 3.95. The Kier molecular flexibility index (Phi) is 22.7. The van der Waals surface area contributed by atoms with Crippen molar-refractivity contribution < 1.29 is 14.3 Å². The summed E-state index contributed by atoms with van der Waals surface area (Å²) < 4.78 is 5.30. The minimum absolute atomic E-state index is 0.108. The molecule has 3 nitrogen and oxygen atoms in total. The van der Waals surface area contributed by atoms with E-state index in [0.717, 1.165) is 38.5 Å². The van der Waals surface area contributed by atoms with Gasteiger partial charge < -0.3 is 4.74 Å². The minimum atomic E-state index is -0.315. The van der Waals surface area contributed by atoms with Crippen LogP contribution in [0.2, 0.25) is 0 Å². The molecule has 2 atom stereocenters. The Bertz CT molecular complexity index is 432. The van der Waals surface area contributed by atoms with E-state index in [-0.39, 0.29) is 23.8 Å². The second-order valence-corrected chi connectivity index (χ2v) is 10.0. The molecule has 0 saturated carbocycles. The molecule has 0 radical (unpaired) electrons. The van der Waals surface area contributed by atoms with Gasteiger partial charge in [0.25, 0.3) is 0 Å². The van der Waals surface area contributed by atoms with Gasteiger partial charge in [-0.05, 0) is 19.3 Å². The maximum atomic E-state index is 12.6. The third-order valence-electron chi connectivity index (χ3n) is 6.72. The molecule has 0 heterocycles. The fourth-order valence-electron chi connectivity index (χ4n) is 4.42. The van der Waals surface area contributed by atoms with Crippen molar-refractivity contribution in [2.75, 3.05) is 0 Å². The zero-order valence-electron chi connectivity index (χ0n) is 22.2. The van der Waals surface area contributed by atoms with Crippen LogP contribution in [0.15, 0.2) is 0 Å². The molecule has 190 valence electrons. The Morgan fingerprint density at radius 2 is 0.906 bits per heavy atom. The van der Waals surface area contributed by atoms with Crippen LogP contribution in [0.1, 0.15) is 163 Å². The third kappa shape index (κ3) is 18.7. The van der Waals surface area contributed by atoms with E-state index < -0.39 is 0 Å². The van der Waals surface area contributed by atoms with Crippen LogP contribution in [0.5, 0.6) is 0 Å². The molecular formula is C29H56O3. The van der Waals surface area contributed by atoms with Crippen molar-refractivity contribution >= 4 is 11.9 Å². The largest absolute Gasteiger partial charge is 0.393 e. The number of hydrogen-bond acceptors (Lipinski definition) is 3. The van der Waals surface area contributed by atoms with Gasteiger partial charge in [-0.2, -0.15) is 0 Å². The van der Waals surface area contributed by atoms with Crippen LogP contribution in [-0.4, -0.2) is 11.9 Å². The maximum absolute atomic E-state index is 12.6. The molecule has 2 unspecified atom stereocenters. The quantitative estimate of drug-likeness (QED) is 0.0880. The fourth-order valence-corrected chi connectivity index (χ4v) is 4.42. The van der Waals surface area contributed by atoms with Gasteiger partial charge in [0, 0.05) is 0 Å². The summed E-state index contributed by atoms with van der Waals surface area (Å²) in [7, 11) is 0. The number of esters is 2. The van der Waals surface area contributed by atoms with E-state index in [9.17, 15) is 9.59 Å². The molecule has 0 rings (SSSR count). The summed E-state index contributed by atoms with van der Waals surface area (Å²) in [6.07, 6.45) is 25.1. The second kappa shape index (κ2) is 23.3. The number of carbonyl (C=O) groups excluding carboxylic acids is 2. The summed E-state index contributed by atoms with van der Waals surface area (Å²) in [6.45, 7) is 8.50. The molecule has 0 aromatic carbocycles. The van der Waals surface area contributed by atoms with Crippen molar-refractivity contribution in [3.63, 3.8) is 0 Å². The Labute approximate surface area is 200 Å². The van der Waals surface area contributed by atoms with Gasteiger partial charge in [-0.25, -0.2) is 0 Å². The van der Waals surface area contributed by atoms with Gasteiger partial charge >= 0.3 is 11.9 Å². The minimum Gasteiger partial charge on any atom is -0.393 e. The highest BCUT2D eigenvalue weighted by atomic mass is 16.6. The zero-order chi connectivity index (χ0) is 23.9. The molecule has 0 saturated heterocycles. The van der Waals surface area contributed by atoms with Crippen molar-refractivity contribution in [2.24, 2.45) is 11.8 Å². The van der Waals surface area contributed by atoms with Crippen LogP contribution < -0.4 is 0 Å². The third-order valence-corrected chi connectivity index (χ3v) is 6.72. The summed E-state index contributed by atoms with van der Waals surface area (Å²) in [5.74, 6) is -0.873. The standard InChI is InChI=1S/C29H56O3/c1-5-8-10-12-14-15-16-18-20-22-25-27(23-7-3)29(31)32-28(30)26(4)24-21-19-17-13-11-9-6-2/h26-27H,5-25H2,1-4H3. The van der Waals surface area contributed by atoms with Crippen LogP contribution in [0.4, 0.5) is 0 Å². The fraction of sp³-hybridized carbons (Fsp3) is 0.931. The molecule has 0 aliphatic rings. The molecule has 0 fully saturated rings. The van der Waals surface area contributed by atoms with Crippen LogP contribution in [0.25, 0.3) is 0 Å². The first-order chi connectivity index (χ1) is 15.6. The molecule has 0 spiro atoms. The van der Waals surface area contributed by atoms with Crippen LogP contribution in [-0.2, 0) is 14.3 Å². The van der Waals surface area contributed by atoms with Crippen molar-refractivity contribution in [3.05, 3.63) is 0 Å². The van der Waals surface area contributed by atoms with Crippen molar-refractivity contribution in [1.29, 1.82) is 0 Å². The van der Waals surface area contributed by atoms with Crippen molar-refractivity contribution in [1.82, 2.24) is 0 Å². The Hall–Kier alpha value is -0.860. The number of hydrogen-bond donors (Lipinski definition) is 0. The molecule has 0 aromatic rings. The van der Waals surface area contributed by atoms with Crippen LogP contribution in [0.3, 0.4) is 0 Å². The highest BCUT2D eigenvalue weighted by molar-refractivity contribution is 5.87. The SMILES string of the molecule is CCCCCCCCCCCCC(CCC)C(=O)OC(=O)C(C)CCCCCCCCC. The van der Waals surface area contributed by atoms with E-state index in [1.165, 1.54) is 96.3 Å². The van der Waals surface area contributed by atoms with E-state index >= 15 is 0 Å². The summed E-state index contributed by atoms with van der Waals surface area (Å²) in [6, 6.07) is 0. The predicted octanol–water partition coefficient (Wildman–Crippen LogP) is 9.56. The predicted molar refractivity (Wildman–Crippen MR) is 138 cm³/mol. The van der Waals surface area contributed by atoms with Crippen LogP contribution in [0, 0.1) is 11.8 Å². The molecule has 0 aliphatic heterocycles. The van der Waals surface area contributed by atoms with Gasteiger partial charge in [-0.15, -0.1) is 0 Å². The highest BCUT2D eigenvalue weighted by Crippen LogP contribution is 2.20. The lowest BCUT2D eigenvalue weighted by Crippen LogP contribution is -2.25. The highest BCUT2D eigenvalue weighted by Gasteiger charge is 2.24. The van der Waals surface area contributed by atoms with Crippen LogP contribution >= 0.6 is 0 Å². The molecule has 0 amide bonds. The first-order valence-corrected chi connectivity index (χ1v) is 14.3. The number of ether oxygens (including phenoxy) is 1. The lowest BCUT2D eigenvalue weighted by Gasteiger charge is -2.16. The van der Waals surface area contributed by atoms with E-state index in [4.69, 9.17) is 4.74 Å². The Morgan fingerprint density at radius 1 is 0.500 bits per heavy atom. The van der Waals surface area contributed by atoms with E-state index in [2.05, 4.69) is 20.8 Å². The monoisotopic (exact) mass is 452 g/mol.